The zero-order valence-corrected chi connectivity index (χ0v) is 19.0. The van der Waals surface area contributed by atoms with Crippen LogP contribution in [-0.2, 0) is 32.5 Å². The van der Waals surface area contributed by atoms with Crippen molar-refractivity contribution in [1.82, 2.24) is 4.72 Å². The van der Waals surface area contributed by atoms with Gasteiger partial charge in [0, 0.05) is 11.7 Å². The number of nitrogens with one attached hydrogen (secondary N) is 1. The number of hydrogen-bond acceptors (Lipinski definition) is 6. The fourth-order valence-electron chi connectivity index (χ4n) is 3.81. The molecule has 2 aromatic carbocycles. The minimum absolute atomic E-state index is 0.00257. The zero-order chi connectivity index (χ0) is 23.6. The molecule has 4 rings (SSSR count). The summed E-state index contributed by atoms with van der Waals surface area (Å²) < 4.78 is 37.8. The van der Waals surface area contributed by atoms with E-state index in [1.807, 2.05) is 31.2 Å². The van der Waals surface area contributed by atoms with Crippen LogP contribution in [0.15, 0.2) is 76.2 Å². The van der Waals surface area contributed by atoms with Crippen molar-refractivity contribution < 1.29 is 27.2 Å². The molecule has 2 heterocycles. The van der Waals surface area contributed by atoms with Gasteiger partial charge in [-0.25, -0.2) is 17.9 Å². The van der Waals surface area contributed by atoms with Crippen molar-refractivity contribution in [2.45, 2.75) is 43.9 Å². The second kappa shape index (κ2) is 9.21. The number of rotatable bonds is 7. The van der Waals surface area contributed by atoms with Crippen LogP contribution in [0.1, 0.15) is 35.5 Å². The Morgan fingerprint density at radius 3 is 2.55 bits per heavy atom. The minimum atomic E-state index is -3.78. The van der Waals surface area contributed by atoms with Gasteiger partial charge in [-0.2, -0.15) is 0 Å². The van der Waals surface area contributed by atoms with Gasteiger partial charge < -0.3 is 14.1 Å². The van der Waals surface area contributed by atoms with Gasteiger partial charge in [-0.15, -0.1) is 0 Å². The molecular weight excluding hydrogens is 444 g/mol. The topological polar surface area (TPSA) is 106 Å². The number of furan rings is 1. The quantitative estimate of drug-likeness (QED) is 0.534. The van der Waals surface area contributed by atoms with E-state index in [1.54, 1.807) is 17.0 Å². The van der Waals surface area contributed by atoms with Crippen LogP contribution in [0.5, 0.6) is 0 Å². The van der Waals surface area contributed by atoms with Gasteiger partial charge in [-0.3, -0.25) is 4.79 Å². The van der Waals surface area contributed by atoms with Gasteiger partial charge in [0.25, 0.3) is 5.91 Å². The Balaban J connectivity index is 1.40. The highest BCUT2D eigenvalue weighted by molar-refractivity contribution is 7.89. The number of carbonyl (C=O) groups is 2. The standard InChI is InChI=1S/C24H24N2O6S/c1-16-14-19-6-3-4-8-22(19)26(16)23(27)17(2)32-24(28)18-9-11-21(12-10-18)33(29,30)25-15-20-7-5-13-31-20/h3-13,16-17,25H,14-15H2,1-2H3/t16-,17+/m1/s1. The lowest BCUT2D eigenvalue weighted by Gasteiger charge is -2.26. The number of sulfonamides is 1. The van der Waals surface area contributed by atoms with Gasteiger partial charge >= 0.3 is 5.97 Å². The molecule has 0 saturated heterocycles. The number of carbonyl (C=O) groups excluding carboxylic acids is 2. The van der Waals surface area contributed by atoms with Crippen molar-refractivity contribution in [3.05, 3.63) is 83.8 Å². The summed E-state index contributed by atoms with van der Waals surface area (Å²) in [5, 5.41) is 0. The molecule has 8 nitrogen and oxygen atoms in total. The average molecular weight is 469 g/mol. The molecule has 0 bridgehead atoms. The molecule has 33 heavy (non-hydrogen) atoms. The summed E-state index contributed by atoms with van der Waals surface area (Å²) in [5.74, 6) is -0.530. The second-order valence-corrected chi connectivity index (χ2v) is 9.63. The summed E-state index contributed by atoms with van der Waals surface area (Å²) in [5.41, 5.74) is 2.05. The first-order valence-electron chi connectivity index (χ1n) is 10.5. The number of esters is 1. The van der Waals surface area contributed by atoms with Gasteiger partial charge in [-0.1, -0.05) is 18.2 Å². The maximum absolute atomic E-state index is 13.0. The highest BCUT2D eigenvalue weighted by Gasteiger charge is 2.34. The number of para-hydroxylation sites is 1. The van der Waals surface area contributed by atoms with E-state index in [2.05, 4.69) is 4.72 Å². The Kier molecular flexibility index (Phi) is 6.35. The van der Waals surface area contributed by atoms with Crippen molar-refractivity contribution >= 4 is 27.6 Å². The molecule has 3 aromatic rings. The number of benzene rings is 2. The fraction of sp³-hybridized carbons (Fsp3) is 0.250. The first-order chi connectivity index (χ1) is 15.8. The van der Waals surface area contributed by atoms with Crippen LogP contribution in [0, 0.1) is 0 Å². The zero-order valence-electron chi connectivity index (χ0n) is 18.2. The smallest absolute Gasteiger partial charge is 0.338 e. The summed E-state index contributed by atoms with van der Waals surface area (Å²) in [6.45, 7) is 3.49. The van der Waals surface area contributed by atoms with E-state index in [1.165, 1.54) is 37.5 Å². The lowest BCUT2D eigenvalue weighted by Crippen LogP contribution is -2.43. The second-order valence-electron chi connectivity index (χ2n) is 7.87. The molecule has 0 radical (unpaired) electrons. The lowest BCUT2D eigenvalue weighted by atomic mass is 10.1. The van der Waals surface area contributed by atoms with Crippen LogP contribution in [0.2, 0.25) is 0 Å². The molecule has 1 aromatic heterocycles. The fourth-order valence-corrected chi connectivity index (χ4v) is 4.80. The van der Waals surface area contributed by atoms with Crippen molar-refractivity contribution in [2.24, 2.45) is 0 Å². The molecule has 1 amide bonds. The molecule has 1 aliphatic rings. The molecule has 0 fully saturated rings. The molecule has 1 aliphatic heterocycles. The Morgan fingerprint density at radius 2 is 1.85 bits per heavy atom. The number of nitrogens with zero attached hydrogens (tertiary/aromatic N) is 1. The van der Waals surface area contributed by atoms with Crippen LogP contribution in [0.3, 0.4) is 0 Å². The van der Waals surface area contributed by atoms with Crippen molar-refractivity contribution in [3.63, 3.8) is 0 Å². The maximum Gasteiger partial charge on any atom is 0.338 e. The normalized spacial score (nSPS) is 16.3. The molecule has 172 valence electrons. The van der Waals surface area contributed by atoms with Crippen LogP contribution in [0.4, 0.5) is 5.69 Å². The first-order valence-corrected chi connectivity index (χ1v) is 12.0. The average Bonchev–Trinajstić information content (AvgIpc) is 3.44. The third-order valence-electron chi connectivity index (χ3n) is 5.49. The third kappa shape index (κ3) is 4.84. The molecule has 2 atom stereocenters. The number of anilines is 1. The summed E-state index contributed by atoms with van der Waals surface area (Å²) in [6.07, 6.45) is 1.20. The SMILES string of the molecule is C[C@H](OC(=O)c1ccc(S(=O)(=O)NCc2ccco2)cc1)C(=O)N1c2ccccc2C[C@H]1C. The predicted molar refractivity (Wildman–Crippen MR) is 121 cm³/mol. The molecule has 1 N–H and O–H groups in total. The van der Waals surface area contributed by atoms with Crippen molar-refractivity contribution in [2.75, 3.05) is 4.90 Å². The van der Waals surface area contributed by atoms with E-state index < -0.39 is 22.1 Å². The minimum Gasteiger partial charge on any atom is -0.468 e. The highest BCUT2D eigenvalue weighted by atomic mass is 32.2. The first kappa shape index (κ1) is 22.8. The molecule has 0 spiro atoms. The summed E-state index contributed by atoms with van der Waals surface area (Å²) >= 11 is 0. The highest BCUT2D eigenvalue weighted by Crippen LogP contribution is 2.32. The number of amides is 1. The summed E-state index contributed by atoms with van der Waals surface area (Å²) in [4.78, 5) is 27.2. The number of hydrogen-bond donors (Lipinski definition) is 1. The molecule has 0 unspecified atom stereocenters. The Hall–Kier alpha value is -3.43. The maximum atomic E-state index is 13.0. The van der Waals surface area contributed by atoms with Crippen LogP contribution < -0.4 is 9.62 Å². The van der Waals surface area contributed by atoms with Gasteiger partial charge in [0.1, 0.15) is 5.76 Å². The van der Waals surface area contributed by atoms with Crippen LogP contribution >= 0.6 is 0 Å². The largest absolute Gasteiger partial charge is 0.468 e. The van der Waals surface area contributed by atoms with E-state index in [-0.39, 0.29) is 29.0 Å². The van der Waals surface area contributed by atoms with E-state index >= 15 is 0 Å². The van der Waals surface area contributed by atoms with E-state index in [0.717, 1.165) is 17.7 Å². The molecular formula is C24H24N2O6S. The van der Waals surface area contributed by atoms with Gasteiger partial charge in [0.2, 0.25) is 10.0 Å². The predicted octanol–water partition coefficient (Wildman–Crippen LogP) is 3.28. The molecule has 0 aliphatic carbocycles. The van der Waals surface area contributed by atoms with E-state index in [9.17, 15) is 18.0 Å². The Morgan fingerprint density at radius 1 is 1.12 bits per heavy atom. The third-order valence-corrected chi connectivity index (χ3v) is 6.91. The van der Waals surface area contributed by atoms with Gasteiger partial charge in [0.15, 0.2) is 6.10 Å². The van der Waals surface area contributed by atoms with Crippen molar-refractivity contribution in [3.8, 4) is 0 Å². The Labute approximate surface area is 192 Å². The van der Waals surface area contributed by atoms with E-state index in [4.69, 9.17) is 9.15 Å². The molecule has 0 saturated carbocycles. The monoisotopic (exact) mass is 468 g/mol. The molecule has 9 heteroatoms. The van der Waals surface area contributed by atoms with Crippen LogP contribution in [0.25, 0.3) is 0 Å². The Bertz CT molecular complexity index is 1250. The van der Waals surface area contributed by atoms with Crippen molar-refractivity contribution in [1.29, 1.82) is 0 Å². The summed E-state index contributed by atoms with van der Waals surface area (Å²) in [6, 6.07) is 16.3. The van der Waals surface area contributed by atoms with Gasteiger partial charge in [0.05, 0.1) is 23.3 Å². The van der Waals surface area contributed by atoms with E-state index in [0.29, 0.717) is 5.76 Å². The summed E-state index contributed by atoms with van der Waals surface area (Å²) in [7, 11) is -3.78. The lowest BCUT2D eigenvalue weighted by molar-refractivity contribution is -0.126. The van der Waals surface area contributed by atoms with Crippen LogP contribution in [-0.4, -0.2) is 32.4 Å². The number of ether oxygens (including phenoxy) is 1. The number of fused-ring (bicyclic) bond motifs is 1. The van der Waals surface area contributed by atoms with Gasteiger partial charge in [-0.05, 0) is 68.3 Å².